The van der Waals surface area contributed by atoms with E-state index in [4.69, 9.17) is 0 Å². The molecule has 0 radical (unpaired) electrons. The number of carbonyl (C=O) groups excluding carboxylic acids is 1. The normalized spacial score (nSPS) is 12.6. The van der Waals surface area contributed by atoms with Gasteiger partial charge in [-0.25, -0.2) is 0 Å². The van der Waals surface area contributed by atoms with Crippen molar-refractivity contribution in [1.29, 1.82) is 5.26 Å². The Morgan fingerprint density at radius 2 is 1.81 bits per heavy atom. The second-order valence-electron chi connectivity index (χ2n) is 6.32. The predicted octanol–water partition coefficient (Wildman–Crippen LogP) is 5.98. The summed E-state index contributed by atoms with van der Waals surface area (Å²) >= 11 is 1.000. The smallest absolute Gasteiger partial charge is 0.288 e. The molecular formula is C20H11F6N3OS. The van der Waals surface area contributed by atoms with Crippen LogP contribution < -0.4 is 0 Å². The highest BCUT2D eigenvalue weighted by molar-refractivity contribution is 7.16. The van der Waals surface area contributed by atoms with Crippen molar-refractivity contribution in [3.63, 3.8) is 0 Å². The van der Waals surface area contributed by atoms with E-state index in [1.807, 2.05) is 0 Å². The van der Waals surface area contributed by atoms with Gasteiger partial charge in [0.15, 0.2) is 5.69 Å². The van der Waals surface area contributed by atoms with E-state index in [2.05, 4.69) is 5.10 Å². The second kappa shape index (κ2) is 8.03. The third-order valence-corrected chi connectivity index (χ3v) is 5.21. The van der Waals surface area contributed by atoms with Gasteiger partial charge < -0.3 is 0 Å². The van der Waals surface area contributed by atoms with Crippen LogP contribution >= 0.6 is 11.3 Å². The van der Waals surface area contributed by atoms with Crippen LogP contribution in [0, 0.1) is 11.3 Å². The van der Waals surface area contributed by atoms with E-state index in [0.29, 0.717) is 15.8 Å². The zero-order valence-electron chi connectivity index (χ0n) is 15.5. The number of hydrogen-bond donors (Lipinski definition) is 0. The number of benzene rings is 1. The summed E-state index contributed by atoms with van der Waals surface area (Å²) < 4.78 is 78.2. The van der Waals surface area contributed by atoms with E-state index in [1.165, 1.54) is 25.3 Å². The zero-order valence-corrected chi connectivity index (χ0v) is 16.4. The lowest BCUT2D eigenvalue weighted by Crippen LogP contribution is -2.08. The molecule has 31 heavy (non-hydrogen) atoms. The maximum absolute atomic E-state index is 12.9. The minimum Gasteiger partial charge on any atom is -0.288 e. The van der Waals surface area contributed by atoms with E-state index >= 15 is 0 Å². The Morgan fingerprint density at radius 1 is 1.10 bits per heavy atom. The summed E-state index contributed by atoms with van der Waals surface area (Å²) in [6, 6.07) is 9.21. The average molecular weight is 455 g/mol. The van der Waals surface area contributed by atoms with Crippen molar-refractivity contribution < 1.29 is 31.1 Å². The molecule has 0 amide bonds. The van der Waals surface area contributed by atoms with Gasteiger partial charge in [-0.2, -0.15) is 36.7 Å². The average Bonchev–Trinajstić information content (AvgIpc) is 3.31. The van der Waals surface area contributed by atoms with Crippen LogP contribution in [0.15, 0.2) is 48.0 Å². The number of rotatable bonds is 4. The van der Waals surface area contributed by atoms with Crippen molar-refractivity contribution in [2.45, 2.75) is 12.4 Å². The number of aryl methyl sites for hydroxylation is 1. The Labute approximate surface area is 175 Å². The lowest BCUT2D eigenvalue weighted by atomic mass is 10.0. The van der Waals surface area contributed by atoms with Gasteiger partial charge in [0.1, 0.15) is 11.6 Å². The summed E-state index contributed by atoms with van der Waals surface area (Å²) in [6.07, 6.45) is -8.08. The first kappa shape index (κ1) is 22.3. The standard InChI is InChI=1S/C20H11F6N3OS/c1-29-15(9-17(28-29)20(24,25)26)16-6-5-14(31-16)8-12(10-27)18(30)11-3-2-4-13(7-11)19(21,22)23/h2-9H,1H3/b12-8+. The lowest BCUT2D eigenvalue weighted by molar-refractivity contribution is -0.141. The molecule has 1 aromatic carbocycles. The molecule has 0 unspecified atom stereocenters. The molecule has 0 spiro atoms. The maximum atomic E-state index is 12.9. The Morgan fingerprint density at radius 3 is 2.39 bits per heavy atom. The number of aromatic nitrogens is 2. The predicted molar refractivity (Wildman–Crippen MR) is 101 cm³/mol. The number of nitriles is 1. The van der Waals surface area contributed by atoms with Crippen LogP contribution in [-0.4, -0.2) is 15.6 Å². The summed E-state index contributed by atoms with van der Waals surface area (Å²) in [5.74, 6) is -0.900. The molecule has 3 aromatic rings. The first-order valence-corrected chi connectivity index (χ1v) is 9.27. The third kappa shape index (κ3) is 4.86. The molecule has 2 aromatic heterocycles. The number of nitrogens with zero attached hydrogens (tertiary/aromatic N) is 3. The molecule has 0 N–H and O–H groups in total. The molecule has 0 fully saturated rings. The molecule has 11 heteroatoms. The molecule has 3 rings (SSSR count). The van der Waals surface area contributed by atoms with Crippen LogP contribution in [0.25, 0.3) is 16.6 Å². The van der Waals surface area contributed by atoms with Crippen LogP contribution in [0.1, 0.15) is 26.5 Å². The summed E-state index contributed by atoms with van der Waals surface area (Å²) in [4.78, 5) is 13.3. The SMILES string of the molecule is Cn1nc(C(F)(F)F)cc1-c1ccc(/C=C(\C#N)C(=O)c2cccc(C(F)(F)F)c2)s1. The van der Waals surface area contributed by atoms with Gasteiger partial charge in [0.25, 0.3) is 0 Å². The minimum absolute atomic E-state index is 0.180. The molecule has 0 atom stereocenters. The van der Waals surface area contributed by atoms with Crippen LogP contribution in [0.5, 0.6) is 0 Å². The van der Waals surface area contributed by atoms with Gasteiger partial charge in [-0.15, -0.1) is 11.3 Å². The highest BCUT2D eigenvalue weighted by atomic mass is 32.1. The first-order chi connectivity index (χ1) is 14.4. The summed E-state index contributed by atoms with van der Waals surface area (Å²) in [5, 5.41) is 12.7. The van der Waals surface area contributed by atoms with Gasteiger partial charge in [0.2, 0.25) is 5.78 Å². The van der Waals surface area contributed by atoms with Crippen molar-refractivity contribution in [3.8, 4) is 16.6 Å². The van der Waals surface area contributed by atoms with Crippen molar-refractivity contribution in [1.82, 2.24) is 9.78 Å². The topological polar surface area (TPSA) is 58.7 Å². The van der Waals surface area contributed by atoms with E-state index in [1.54, 1.807) is 6.07 Å². The highest BCUT2D eigenvalue weighted by Gasteiger charge is 2.35. The molecule has 0 aliphatic rings. The monoisotopic (exact) mass is 455 g/mol. The van der Waals surface area contributed by atoms with Crippen molar-refractivity contribution in [2.24, 2.45) is 7.05 Å². The Balaban J connectivity index is 1.92. The van der Waals surface area contributed by atoms with Gasteiger partial charge in [-0.05, 0) is 36.4 Å². The number of ketones is 1. The largest absolute Gasteiger partial charge is 0.435 e. The summed E-state index contributed by atoms with van der Waals surface area (Å²) in [6.45, 7) is 0. The van der Waals surface area contributed by atoms with Crippen molar-refractivity contribution >= 4 is 23.2 Å². The fraction of sp³-hybridized carbons (Fsp3) is 0.150. The molecule has 0 aliphatic heterocycles. The number of Topliss-reactive ketones (excluding diaryl/α,β-unsaturated/α-hetero) is 1. The van der Waals surface area contributed by atoms with Crippen LogP contribution in [-0.2, 0) is 19.4 Å². The van der Waals surface area contributed by atoms with E-state index in [0.717, 1.165) is 40.3 Å². The van der Waals surface area contributed by atoms with Gasteiger partial charge in [-0.3, -0.25) is 9.48 Å². The highest BCUT2D eigenvalue weighted by Crippen LogP contribution is 2.35. The Kier molecular flexibility index (Phi) is 5.78. The molecule has 0 aliphatic carbocycles. The molecule has 4 nitrogen and oxygen atoms in total. The maximum Gasteiger partial charge on any atom is 0.435 e. The molecule has 0 bridgehead atoms. The zero-order chi connectivity index (χ0) is 23.0. The first-order valence-electron chi connectivity index (χ1n) is 8.45. The number of hydrogen-bond acceptors (Lipinski definition) is 4. The molecule has 160 valence electrons. The Hall–Kier alpha value is -3.39. The molecule has 2 heterocycles. The summed E-state index contributed by atoms with van der Waals surface area (Å²) in [7, 11) is 1.34. The van der Waals surface area contributed by atoms with Crippen molar-refractivity contribution in [3.05, 3.63) is 69.7 Å². The number of carbonyl (C=O) groups is 1. The third-order valence-electron chi connectivity index (χ3n) is 4.15. The van der Waals surface area contributed by atoms with Gasteiger partial charge in [-0.1, -0.05) is 12.1 Å². The fourth-order valence-corrected chi connectivity index (χ4v) is 3.69. The van der Waals surface area contributed by atoms with Crippen molar-refractivity contribution in [2.75, 3.05) is 0 Å². The Bertz CT molecular complexity index is 1210. The number of halogens is 6. The van der Waals surface area contributed by atoms with E-state index < -0.39 is 35.0 Å². The lowest BCUT2D eigenvalue weighted by Gasteiger charge is -2.07. The number of allylic oxidation sites excluding steroid dienone is 1. The van der Waals surface area contributed by atoms with Crippen LogP contribution in [0.2, 0.25) is 0 Å². The summed E-state index contributed by atoms with van der Waals surface area (Å²) in [5.41, 5.74) is -2.62. The molecule has 0 saturated carbocycles. The molecular weight excluding hydrogens is 444 g/mol. The fourth-order valence-electron chi connectivity index (χ4n) is 2.69. The molecule has 0 saturated heterocycles. The van der Waals surface area contributed by atoms with Gasteiger partial charge >= 0.3 is 12.4 Å². The van der Waals surface area contributed by atoms with Crippen LogP contribution in [0.4, 0.5) is 26.3 Å². The number of alkyl halides is 6. The number of thiophene rings is 1. The quantitative estimate of drug-likeness (QED) is 0.211. The van der Waals surface area contributed by atoms with E-state index in [9.17, 15) is 36.4 Å². The van der Waals surface area contributed by atoms with Crippen LogP contribution in [0.3, 0.4) is 0 Å². The minimum atomic E-state index is -4.65. The van der Waals surface area contributed by atoms with Gasteiger partial charge in [0, 0.05) is 17.5 Å². The van der Waals surface area contributed by atoms with E-state index in [-0.39, 0.29) is 11.3 Å². The second-order valence-corrected chi connectivity index (χ2v) is 7.43. The van der Waals surface area contributed by atoms with Gasteiger partial charge in [0.05, 0.1) is 16.1 Å².